The molecule has 3 aromatic carbocycles. The van der Waals surface area contributed by atoms with Crippen molar-refractivity contribution in [1.29, 1.82) is 0 Å². The van der Waals surface area contributed by atoms with Crippen molar-refractivity contribution in [3.8, 4) is 5.69 Å². The number of nitrogens with one attached hydrogen (secondary N) is 1. The van der Waals surface area contributed by atoms with Crippen molar-refractivity contribution in [2.24, 2.45) is 0 Å². The summed E-state index contributed by atoms with van der Waals surface area (Å²) < 4.78 is 2.35. The minimum absolute atomic E-state index is 0.896. The lowest BCUT2D eigenvalue weighted by atomic mass is 10.1. The topological polar surface area (TPSA) is 33.1 Å². The fraction of sp³-hybridized carbons (Fsp3) is 0.0800. The van der Waals surface area contributed by atoms with Crippen LogP contribution in [0.2, 0.25) is 0 Å². The molecule has 1 aliphatic heterocycles. The first kappa shape index (κ1) is 16.2. The van der Waals surface area contributed by atoms with Gasteiger partial charge < -0.3 is 14.8 Å². The van der Waals surface area contributed by atoms with E-state index in [1.54, 1.807) is 0 Å². The van der Waals surface area contributed by atoms with Crippen LogP contribution in [0.3, 0.4) is 0 Å². The zero-order valence-electron chi connectivity index (χ0n) is 15.9. The molecule has 0 saturated carbocycles. The SMILES string of the molecule is c1ccc(-n2c3ccccc3c3cc(N4CCNc5cccnc54)ccc32)cc1. The first-order chi connectivity index (χ1) is 14.4. The fourth-order valence-electron chi connectivity index (χ4n) is 4.39. The minimum Gasteiger partial charge on any atom is -0.380 e. The van der Waals surface area contributed by atoms with Crippen molar-refractivity contribution in [2.45, 2.75) is 0 Å². The van der Waals surface area contributed by atoms with Crippen LogP contribution in [0.25, 0.3) is 27.5 Å². The summed E-state index contributed by atoms with van der Waals surface area (Å²) in [4.78, 5) is 6.94. The van der Waals surface area contributed by atoms with Gasteiger partial charge >= 0.3 is 0 Å². The highest BCUT2D eigenvalue weighted by Gasteiger charge is 2.20. The third-order valence-corrected chi connectivity index (χ3v) is 5.68. The van der Waals surface area contributed by atoms with Crippen LogP contribution in [0.1, 0.15) is 0 Å². The molecule has 1 N–H and O–H groups in total. The van der Waals surface area contributed by atoms with E-state index in [0.717, 1.165) is 24.6 Å². The molecule has 6 rings (SSSR count). The Balaban J connectivity index is 1.60. The van der Waals surface area contributed by atoms with Crippen LogP contribution in [0.5, 0.6) is 0 Å². The summed E-state index contributed by atoms with van der Waals surface area (Å²) in [7, 11) is 0. The molecule has 140 valence electrons. The van der Waals surface area contributed by atoms with Gasteiger partial charge in [-0.15, -0.1) is 0 Å². The predicted octanol–water partition coefficient (Wildman–Crippen LogP) is 5.74. The van der Waals surface area contributed by atoms with Gasteiger partial charge in [-0.2, -0.15) is 0 Å². The van der Waals surface area contributed by atoms with Gasteiger partial charge in [0.2, 0.25) is 0 Å². The molecular weight excluding hydrogens is 356 g/mol. The Hall–Kier alpha value is -3.79. The standard InChI is InChI=1S/C25H20N4/c1-2-7-18(8-3-1)29-23-11-5-4-9-20(23)21-17-19(12-13-24(21)29)28-16-15-26-22-10-6-14-27-25(22)28/h1-14,17,26H,15-16H2. The number of aromatic nitrogens is 2. The van der Waals surface area contributed by atoms with E-state index >= 15 is 0 Å². The average Bonchev–Trinajstić information content (AvgIpc) is 3.13. The van der Waals surface area contributed by atoms with Crippen molar-refractivity contribution in [1.82, 2.24) is 9.55 Å². The summed E-state index contributed by atoms with van der Waals surface area (Å²) in [5.74, 6) is 0.991. The Bertz CT molecular complexity index is 1340. The number of hydrogen-bond donors (Lipinski definition) is 1. The zero-order valence-corrected chi connectivity index (χ0v) is 15.9. The van der Waals surface area contributed by atoms with Crippen LogP contribution < -0.4 is 10.2 Å². The van der Waals surface area contributed by atoms with Gasteiger partial charge in [0.05, 0.1) is 16.7 Å². The maximum absolute atomic E-state index is 4.63. The number of pyridine rings is 1. The molecule has 4 heteroatoms. The molecule has 0 fully saturated rings. The molecule has 0 amide bonds. The van der Waals surface area contributed by atoms with E-state index in [0.29, 0.717) is 0 Å². The van der Waals surface area contributed by atoms with Crippen molar-refractivity contribution >= 4 is 39.0 Å². The lowest BCUT2D eigenvalue weighted by Gasteiger charge is -2.30. The molecule has 0 atom stereocenters. The molecule has 0 saturated heterocycles. The molecule has 29 heavy (non-hydrogen) atoms. The van der Waals surface area contributed by atoms with Gasteiger partial charge in [-0.25, -0.2) is 4.98 Å². The monoisotopic (exact) mass is 376 g/mol. The third kappa shape index (κ3) is 2.49. The van der Waals surface area contributed by atoms with E-state index in [-0.39, 0.29) is 0 Å². The predicted molar refractivity (Wildman–Crippen MR) is 121 cm³/mol. The molecule has 2 aromatic heterocycles. The molecule has 0 unspecified atom stereocenters. The minimum atomic E-state index is 0.896. The smallest absolute Gasteiger partial charge is 0.156 e. The highest BCUT2D eigenvalue weighted by Crippen LogP contribution is 2.37. The van der Waals surface area contributed by atoms with Gasteiger partial charge in [0.25, 0.3) is 0 Å². The zero-order chi connectivity index (χ0) is 19.2. The molecule has 0 spiro atoms. The Morgan fingerprint density at radius 2 is 1.55 bits per heavy atom. The molecule has 3 heterocycles. The van der Waals surface area contributed by atoms with Crippen LogP contribution in [0, 0.1) is 0 Å². The third-order valence-electron chi connectivity index (χ3n) is 5.68. The molecule has 1 aliphatic rings. The van der Waals surface area contributed by atoms with Crippen LogP contribution in [0.4, 0.5) is 17.2 Å². The maximum atomic E-state index is 4.63. The van der Waals surface area contributed by atoms with E-state index in [4.69, 9.17) is 0 Å². The molecule has 5 aromatic rings. The number of rotatable bonds is 2. The quantitative estimate of drug-likeness (QED) is 0.426. The summed E-state index contributed by atoms with van der Waals surface area (Å²) in [6.07, 6.45) is 1.86. The summed E-state index contributed by atoms with van der Waals surface area (Å²) in [5.41, 5.74) is 5.89. The Kier molecular flexibility index (Phi) is 3.56. The van der Waals surface area contributed by atoms with Gasteiger partial charge in [0.15, 0.2) is 5.82 Å². The van der Waals surface area contributed by atoms with Crippen molar-refractivity contribution < 1.29 is 0 Å². The van der Waals surface area contributed by atoms with Crippen molar-refractivity contribution in [2.75, 3.05) is 23.3 Å². The second-order valence-corrected chi connectivity index (χ2v) is 7.34. The number of para-hydroxylation sites is 2. The van der Waals surface area contributed by atoms with E-state index in [9.17, 15) is 0 Å². The first-order valence-corrected chi connectivity index (χ1v) is 9.95. The van der Waals surface area contributed by atoms with Gasteiger partial charge in [0, 0.05) is 41.4 Å². The average molecular weight is 376 g/mol. The van der Waals surface area contributed by atoms with Gasteiger partial charge in [-0.3, -0.25) is 0 Å². The van der Waals surface area contributed by atoms with Crippen molar-refractivity contribution in [3.63, 3.8) is 0 Å². The van der Waals surface area contributed by atoms with Crippen LogP contribution in [-0.2, 0) is 0 Å². The Labute approximate surface area is 169 Å². The maximum Gasteiger partial charge on any atom is 0.156 e. The van der Waals surface area contributed by atoms with Crippen LogP contribution in [0.15, 0.2) is 91.1 Å². The number of anilines is 3. The number of hydrogen-bond acceptors (Lipinski definition) is 3. The molecular formula is C25H20N4. The lowest BCUT2D eigenvalue weighted by molar-refractivity contribution is 0.903. The summed E-state index contributed by atoms with van der Waals surface area (Å²) in [6, 6.07) is 30.0. The molecule has 0 aliphatic carbocycles. The summed E-state index contributed by atoms with van der Waals surface area (Å²) in [5, 5.41) is 5.98. The Morgan fingerprint density at radius 1 is 0.724 bits per heavy atom. The summed E-state index contributed by atoms with van der Waals surface area (Å²) >= 11 is 0. The summed E-state index contributed by atoms with van der Waals surface area (Å²) in [6.45, 7) is 1.80. The van der Waals surface area contributed by atoms with E-state index < -0.39 is 0 Å². The second kappa shape index (κ2) is 6.38. The highest BCUT2D eigenvalue weighted by molar-refractivity contribution is 6.10. The van der Waals surface area contributed by atoms with Gasteiger partial charge in [-0.05, 0) is 48.5 Å². The lowest BCUT2D eigenvalue weighted by Crippen LogP contribution is -2.30. The second-order valence-electron chi connectivity index (χ2n) is 7.34. The van der Waals surface area contributed by atoms with Crippen molar-refractivity contribution in [3.05, 3.63) is 91.1 Å². The number of fused-ring (bicyclic) bond motifs is 4. The normalized spacial score (nSPS) is 13.4. The van der Waals surface area contributed by atoms with E-state index in [2.05, 4.69) is 98.6 Å². The van der Waals surface area contributed by atoms with Gasteiger partial charge in [-0.1, -0.05) is 36.4 Å². The largest absolute Gasteiger partial charge is 0.380 e. The highest BCUT2D eigenvalue weighted by atomic mass is 15.2. The van der Waals surface area contributed by atoms with E-state index in [1.807, 2.05) is 12.3 Å². The first-order valence-electron chi connectivity index (χ1n) is 9.95. The Morgan fingerprint density at radius 3 is 2.48 bits per heavy atom. The molecule has 0 bridgehead atoms. The fourth-order valence-corrected chi connectivity index (χ4v) is 4.39. The number of nitrogens with zero attached hydrogens (tertiary/aromatic N) is 3. The van der Waals surface area contributed by atoms with E-state index in [1.165, 1.54) is 33.2 Å². The van der Waals surface area contributed by atoms with Crippen LogP contribution >= 0.6 is 0 Å². The number of benzene rings is 3. The molecule has 4 nitrogen and oxygen atoms in total. The van der Waals surface area contributed by atoms with Gasteiger partial charge in [0.1, 0.15) is 0 Å². The van der Waals surface area contributed by atoms with Crippen LogP contribution in [-0.4, -0.2) is 22.6 Å². The molecule has 0 radical (unpaired) electrons.